The molecular weight excluding hydrogens is 305 g/mol. The predicted octanol–water partition coefficient (Wildman–Crippen LogP) is 4.27. The summed E-state index contributed by atoms with van der Waals surface area (Å²) >= 11 is 6.07. The minimum Gasteiger partial charge on any atom is -0.465 e. The van der Waals surface area contributed by atoms with E-state index >= 15 is 0 Å². The lowest BCUT2D eigenvalue weighted by Crippen LogP contribution is -2.04. The molecule has 0 spiro atoms. The Labute approximate surface area is 131 Å². The van der Waals surface area contributed by atoms with Crippen LogP contribution in [0.3, 0.4) is 0 Å². The van der Waals surface area contributed by atoms with Gasteiger partial charge in [-0.05, 0) is 35.7 Å². The van der Waals surface area contributed by atoms with Crippen molar-refractivity contribution in [3.63, 3.8) is 0 Å². The maximum atomic E-state index is 13.9. The molecule has 3 rings (SSSR count). The summed E-state index contributed by atoms with van der Waals surface area (Å²) in [7, 11) is 1.34. The third-order valence-corrected chi connectivity index (χ3v) is 3.94. The maximum Gasteiger partial charge on any atom is 0.337 e. The molecule has 1 aromatic heterocycles. The summed E-state index contributed by atoms with van der Waals surface area (Å²) in [5, 5.41) is 1.34. The summed E-state index contributed by atoms with van der Waals surface area (Å²) in [6.45, 7) is 0.291. The number of hydrogen-bond acceptors (Lipinski definition) is 2. The molecule has 22 heavy (non-hydrogen) atoms. The van der Waals surface area contributed by atoms with E-state index in [1.165, 1.54) is 13.2 Å². The van der Waals surface area contributed by atoms with Gasteiger partial charge in [0.1, 0.15) is 5.82 Å². The van der Waals surface area contributed by atoms with E-state index in [4.69, 9.17) is 16.3 Å². The largest absolute Gasteiger partial charge is 0.465 e. The number of nitrogens with zero attached hydrogens (tertiary/aromatic N) is 1. The van der Waals surface area contributed by atoms with E-state index in [0.29, 0.717) is 22.7 Å². The van der Waals surface area contributed by atoms with Crippen molar-refractivity contribution in [2.75, 3.05) is 7.11 Å². The molecule has 5 heteroatoms. The summed E-state index contributed by atoms with van der Waals surface area (Å²) in [5.74, 6) is -0.753. The summed E-state index contributed by atoms with van der Waals surface area (Å²) < 4.78 is 20.5. The highest BCUT2D eigenvalue weighted by Gasteiger charge is 2.12. The molecule has 0 saturated heterocycles. The smallest absolute Gasteiger partial charge is 0.337 e. The van der Waals surface area contributed by atoms with Gasteiger partial charge in [-0.2, -0.15) is 0 Å². The molecule has 0 fully saturated rings. The Balaban J connectivity index is 2.06. The highest BCUT2D eigenvalue weighted by atomic mass is 35.5. The molecule has 0 N–H and O–H groups in total. The second-order valence-corrected chi connectivity index (χ2v) is 5.32. The average Bonchev–Trinajstić information content (AvgIpc) is 2.92. The summed E-state index contributed by atoms with van der Waals surface area (Å²) in [6.07, 6.45) is 1.84. The molecule has 0 bridgehead atoms. The number of carbonyl (C=O) groups excluding carboxylic acids is 1. The highest BCUT2D eigenvalue weighted by molar-refractivity contribution is 6.31. The molecule has 3 nitrogen and oxygen atoms in total. The van der Waals surface area contributed by atoms with E-state index in [0.717, 1.165) is 10.9 Å². The Morgan fingerprint density at radius 1 is 1.27 bits per heavy atom. The standard InChI is InChI=1S/C17H13ClFNO2/c1-22-17(21)12-6-5-11-7-8-20(16(11)9-12)10-13-14(18)3-2-4-15(13)19/h2-9H,10H2,1H3. The molecular formula is C17H13ClFNO2. The first-order chi connectivity index (χ1) is 10.6. The average molecular weight is 318 g/mol. The fourth-order valence-corrected chi connectivity index (χ4v) is 2.64. The van der Waals surface area contributed by atoms with Gasteiger partial charge in [0.2, 0.25) is 0 Å². The number of aromatic nitrogens is 1. The minimum absolute atomic E-state index is 0.291. The van der Waals surface area contributed by atoms with Gasteiger partial charge in [-0.25, -0.2) is 9.18 Å². The first-order valence-electron chi connectivity index (χ1n) is 6.70. The molecule has 0 radical (unpaired) electrons. The molecule has 0 aliphatic heterocycles. The van der Waals surface area contributed by atoms with Crippen molar-refractivity contribution in [1.82, 2.24) is 4.57 Å². The molecule has 3 aromatic rings. The second-order valence-electron chi connectivity index (χ2n) is 4.91. The van der Waals surface area contributed by atoms with Crippen LogP contribution >= 0.6 is 11.6 Å². The molecule has 0 saturated carbocycles. The van der Waals surface area contributed by atoms with Crippen molar-refractivity contribution >= 4 is 28.5 Å². The fraction of sp³-hybridized carbons (Fsp3) is 0.118. The first kappa shape index (κ1) is 14.6. The molecule has 0 aliphatic carbocycles. The number of ether oxygens (including phenoxy) is 1. The van der Waals surface area contributed by atoms with Crippen LogP contribution in [0.2, 0.25) is 5.02 Å². The molecule has 0 aliphatic rings. The molecule has 0 amide bonds. The zero-order valence-corrected chi connectivity index (χ0v) is 12.6. The highest BCUT2D eigenvalue weighted by Crippen LogP contribution is 2.24. The maximum absolute atomic E-state index is 13.9. The van der Waals surface area contributed by atoms with Crippen LogP contribution in [0.25, 0.3) is 10.9 Å². The first-order valence-corrected chi connectivity index (χ1v) is 7.08. The zero-order chi connectivity index (χ0) is 15.7. The predicted molar refractivity (Wildman–Crippen MR) is 83.8 cm³/mol. The van der Waals surface area contributed by atoms with E-state index in [-0.39, 0.29) is 5.82 Å². The van der Waals surface area contributed by atoms with Crippen LogP contribution in [0.1, 0.15) is 15.9 Å². The van der Waals surface area contributed by atoms with Crippen LogP contribution in [-0.4, -0.2) is 17.6 Å². The van der Waals surface area contributed by atoms with Crippen molar-refractivity contribution in [2.45, 2.75) is 6.54 Å². The van der Waals surface area contributed by atoms with Crippen molar-refractivity contribution in [1.29, 1.82) is 0 Å². The summed E-state index contributed by atoms with van der Waals surface area (Å²) in [5.41, 5.74) is 1.70. The summed E-state index contributed by atoms with van der Waals surface area (Å²) in [6, 6.07) is 11.8. The molecule has 0 unspecified atom stereocenters. The Kier molecular flexibility index (Phi) is 3.86. The Morgan fingerprint density at radius 2 is 2.09 bits per heavy atom. The zero-order valence-electron chi connectivity index (χ0n) is 11.8. The monoisotopic (exact) mass is 317 g/mol. The normalized spacial score (nSPS) is 10.9. The van der Waals surface area contributed by atoms with E-state index in [1.807, 2.05) is 22.9 Å². The Hall–Kier alpha value is -2.33. The quantitative estimate of drug-likeness (QED) is 0.676. The third-order valence-electron chi connectivity index (χ3n) is 3.59. The van der Waals surface area contributed by atoms with E-state index in [1.54, 1.807) is 24.3 Å². The number of hydrogen-bond donors (Lipinski definition) is 0. The van der Waals surface area contributed by atoms with Crippen LogP contribution in [0.15, 0.2) is 48.7 Å². The van der Waals surface area contributed by atoms with E-state index < -0.39 is 5.97 Å². The number of methoxy groups -OCH3 is 1. The lowest BCUT2D eigenvalue weighted by Gasteiger charge is -2.09. The molecule has 0 atom stereocenters. The number of halogens is 2. The molecule has 2 aromatic carbocycles. The number of fused-ring (bicyclic) bond motifs is 1. The van der Waals surface area contributed by atoms with Crippen LogP contribution in [0.4, 0.5) is 4.39 Å². The van der Waals surface area contributed by atoms with Crippen molar-refractivity contribution in [2.24, 2.45) is 0 Å². The Bertz CT molecular complexity index is 837. The third kappa shape index (κ3) is 2.57. The van der Waals surface area contributed by atoms with Crippen molar-refractivity contribution < 1.29 is 13.9 Å². The van der Waals surface area contributed by atoms with Crippen LogP contribution in [0.5, 0.6) is 0 Å². The SMILES string of the molecule is COC(=O)c1ccc2ccn(Cc3c(F)cccc3Cl)c2c1. The van der Waals surface area contributed by atoms with Gasteiger partial charge in [-0.3, -0.25) is 0 Å². The van der Waals surface area contributed by atoms with Crippen LogP contribution in [0, 0.1) is 5.82 Å². The number of esters is 1. The van der Waals surface area contributed by atoms with Gasteiger partial charge in [0, 0.05) is 22.3 Å². The molecule has 1 heterocycles. The number of benzene rings is 2. The van der Waals surface area contributed by atoms with E-state index in [9.17, 15) is 9.18 Å². The summed E-state index contributed by atoms with van der Waals surface area (Å²) in [4.78, 5) is 11.6. The lowest BCUT2D eigenvalue weighted by atomic mass is 10.1. The van der Waals surface area contributed by atoms with Gasteiger partial charge in [0.05, 0.1) is 19.2 Å². The van der Waals surface area contributed by atoms with E-state index in [2.05, 4.69) is 0 Å². The van der Waals surface area contributed by atoms with Gasteiger partial charge in [0.25, 0.3) is 0 Å². The van der Waals surface area contributed by atoms with Crippen molar-refractivity contribution in [3.05, 3.63) is 70.6 Å². The van der Waals surface area contributed by atoms with Gasteiger partial charge in [-0.15, -0.1) is 0 Å². The topological polar surface area (TPSA) is 31.2 Å². The van der Waals surface area contributed by atoms with Crippen LogP contribution in [-0.2, 0) is 11.3 Å². The lowest BCUT2D eigenvalue weighted by molar-refractivity contribution is 0.0601. The van der Waals surface area contributed by atoms with Crippen LogP contribution < -0.4 is 0 Å². The molecule has 112 valence electrons. The van der Waals surface area contributed by atoms with Gasteiger partial charge in [0.15, 0.2) is 0 Å². The van der Waals surface area contributed by atoms with Gasteiger partial charge >= 0.3 is 5.97 Å². The number of carbonyl (C=O) groups is 1. The van der Waals surface area contributed by atoms with Gasteiger partial charge < -0.3 is 9.30 Å². The second kappa shape index (κ2) is 5.81. The number of rotatable bonds is 3. The fourth-order valence-electron chi connectivity index (χ4n) is 2.42. The Morgan fingerprint density at radius 3 is 2.82 bits per heavy atom. The van der Waals surface area contributed by atoms with Crippen molar-refractivity contribution in [3.8, 4) is 0 Å². The van der Waals surface area contributed by atoms with Gasteiger partial charge in [-0.1, -0.05) is 23.7 Å². The minimum atomic E-state index is -0.404.